The molecule has 1 fully saturated rings. The van der Waals surface area contributed by atoms with Gasteiger partial charge < -0.3 is 4.74 Å². The van der Waals surface area contributed by atoms with Crippen molar-refractivity contribution in [2.24, 2.45) is 0 Å². The zero-order chi connectivity index (χ0) is 7.99. The molecule has 0 saturated carbocycles. The minimum absolute atomic E-state index is 0.0577. The second-order valence-electron chi connectivity index (χ2n) is 3.71. The third-order valence-corrected chi connectivity index (χ3v) is 4.46. The quantitative estimate of drug-likeness (QED) is 0.412. The van der Waals surface area contributed by atoms with E-state index in [9.17, 15) is 0 Å². The molecule has 0 aromatic carbocycles. The fourth-order valence-electron chi connectivity index (χ4n) is 0.893. The number of hydrogen-bond donors (Lipinski definition) is 0. The predicted molar refractivity (Wildman–Crippen MR) is 47.2 cm³/mol. The molecule has 60 valence electrons. The first-order chi connectivity index (χ1) is 4.35. The smallest absolute Gasteiger partial charge is 0.148 e. The fraction of sp³-hybridized carbons (Fsp3) is 1.00. The second kappa shape index (κ2) is 2.33. The van der Waals surface area contributed by atoms with Crippen LogP contribution in [0, 0.1) is 0 Å². The topological polar surface area (TPSA) is 9.23 Å². The highest BCUT2D eigenvalue weighted by Crippen LogP contribution is 2.54. The Morgan fingerprint density at radius 3 is 1.90 bits per heavy atom. The Morgan fingerprint density at radius 2 is 1.80 bits per heavy atom. The Hall–Kier alpha value is 0.680. The van der Waals surface area contributed by atoms with Crippen LogP contribution in [0.25, 0.3) is 0 Å². The molecule has 1 heterocycles. The van der Waals surface area contributed by atoms with Crippen molar-refractivity contribution in [1.29, 1.82) is 0 Å². The van der Waals surface area contributed by atoms with Gasteiger partial charge in [-0.05, 0) is 13.8 Å². The fourth-order valence-corrected chi connectivity index (χ4v) is 3.26. The van der Waals surface area contributed by atoms with Crippen molar-refractivity contribution in [2.45, 2.75) is 43.8 Å². The number of rotatable bonds is 0. The van der Waals surface area contributed by atoms with Crippen LogP contribution >= 0.6 is 20.2 Å². The Labute approximate surface area is 69.3 Å². The van der Waals surface area contributed by atoms with E-state index in [1.54, 1.807) is 0 Å². The zero-order valence-electron chi connectivity index (χ0n) is 6.86. The van der Waals surface area contributed by atoms with Crippen LogP contribution in [0.5, 0.6) is 0 Å². The normalized spacial score (nSPS) is 38.7. The third-order valence-electron chi connectivity index (χ3n) is 2.38. The summed E-state index contributed by atoms with van der Waals surface area (Å²) in [7, 11) is 0.704. The van der Waals surface area contributed by atoms with Crippen LogP contribution in [0.4, 0.5) is 0 Å². The van der Waals surface area contributed by atoms with Crippen LogP contribution in [-0.2, 0) is 4.74 Å². The van der Waals surface area contributed by atoms with Crippen molar-refractivity contribution in [1.82, 2.24) is 0 Å². The van der Waals surface area contributed by atoms with E-state index < -0.39 is 0 Å². The molecule has 1 aliphatic rings. The number of alkyl halides is 1. The molecule has 1 rings (SSSR count). The minimum Gasteiger partial charge on any atom is -0.352 e. The lowest BCUT2D eigenvalue weighted by Crippen LogP contribution is -2.38. The SMILES string of the molecule is CC1(C)OC(Cl)PC1(C)C. The molecule has 1 nitrogen and oxygen atoms in total. The van der Waals surface area contributed by atoms with E-state index >= 15 is 0 Å². The highest BCUT2D eigenvalue weighted by molar-refractivity contribution is 7.43. The van der Waals surface area contributed by atoms with Crippen LogP contribution in [0.15, 0.2) is 0 Å². The molecule has 0 aliphatic carbocycles. The molecular weight excluding hydrogens is 167 g/mol. The summed E-state index contributed by atoms with van der Waals surface area (Å²) in [5.41, 5.74) is -0.0577. The molecule has 10 heavy (non-hydrogen) atoms. The lowest BCUT2D eigenvalue weighted by Gasteiger charge is -2.31. The van der Waals surface area contributed by atoms with Gasteiger partial charge in [0.1, 0.15) is 5.30 Å². The molecule has 1 saturated heterocycles. The highest BCUT2D eigenvalue weighted by atomic mass is 35.5. The average molecular weight is 181 g/mol. The van der Waals surface area contributed by atoms with Crippen LogP contribution in [0.1, 0.15) is 27.7 Å². The van der Waals surface area contributed by atoms with Gasteiger partial charge in [-0.25, -0.2) is 0 Å². The van der Waals surface area contributed by atoms with Crippen molar-refractivity contribution in [3.63, 3.8) is 0 Å². The standard InChI is InChI=1S/C7H14ClOP/c1-6(2)7(3,4)10-5(8)9-6/h5,10H,1-4H3. The minimum atomic E-state index is -0.0648. The molecule has 0 radical (unpaired) electrons. The Bertz CT molecular complexity index is 129. The monoisotopic (exact) mass is 180 g/mol. The molecule has 0 aromatic heterocycles. The summed E-state index contributed by atoms with van der Waals surface area (Å²) in [6.07, 6.45) is 0. The summed E-state index contributed by atoms with van der Waals surface area (Å²) in [5, 5.41) is 0.171. The molecule has 0 amide bonds. The summed E-state index contributed by atoms with van der Waals surface area (Å²) >= 11 is 5.87. The molecular formula is C7H14ClOP. The van der Waals surface area contributed by atoms with Crippen molar-refractivity contribution in [3.8, 4) is 0 Å². The molecule has 2 atom stereocenters. The first kappa shape index (κ1) is 8.77. The van der Waals surface area contributed by atoms with Crippen LogP contribution in [0.2, 0.25) is 0 Å². The summed E-state index contributed by atoms with van der Waals surface area (Å²) in [4.78, 5) is 0. The van der Waals surface area contributed by atoms with Crippen molar-refractivity contribution in [3.05, 3.63) is 0 Å². The average Bonchev–Trinajstić information content (AvgIpc) is 1.73. The first-order valence-corrected chi connectivity index (χ1v) is 4.96. The van der Waals surface area contributed by atoms with Crippen LogP contribution < -0.4 is 0 Å². The van der Waals surface area contributed by atoms with E-state index in [4.69, 9.17) is 16.3 Å². The van der Waals surface area contributed by atoms with E-state index in [0.29, 0.717) is 8.58 Å². The molecule has 0 aromatic rings. The lowest BCUT2D eigenvalue weighted by atomic mass is 9.94. The van der Waals surface area contributed by atoms with Crippen LogP contribution in [-0.4, -0.2) is 16.1 Å². The molecule has 2 unspecified atom stereocenters. The number of ether oxygens (including phenoxy) is 1. The van der Waals surface area contributed by atoms with Gasteiger partial charge in [-0.3, -0.25) is 0 Å². The second-order valence-corrected chi connectivity index (χ2v) is 6.54. The summed E-state index contributed by atoms with van der Waals surface area (Å²) in [5.74, 6) is 0. The van der Waals surface area contributed by atoms with Gasteiger partial charge in [-0.15, -0.1) is 0 Å². The number of hydrogen-bond acceptors (Lipinski definition) is 1. The van der Waals surface area contributed by atoms with Gasteiger partial charge in [0.2, 0.25) is 0 Å². The van der Waals surface area contributed by atoms with E-state index in [1.165, 1.54) is 0 Å². The van der Waals surface area contributed by atoms with E-state index in [1.807, 2.05) is 0 Å². The Kier molecular flexibility index (Phi) is 2.05. The van der Waals surface area contributed by atoms with E-state index in [0.717, 1.165) is 0 Å². The number of halogens is 1. The van der Waals surface area contributed by atoms with E-state index in [2.05, 4.69) is 27.7 Å². The summed E-state index contributed by atoms with van der Waals surface area (Å²) in [6, 6.07) is 0. The Balaban J connectivity index is 2.78. The van der Waals surface area contributed by atoms with Gasteiger partial charge in [0.05, 0.1) is 5.60 Å². The summed E-state index contributed by atoms with van der Waals surface area (Å²) in [6.45, 7) is 8.60. The summed E-state index contributed by atoms with van der Waals surface area (Å²) < 4.78 is 5.54. The van der Waals surface area contributed by atoms with Crippen molar-refractivity contribution >= 4 is 20.2 Å². The predicted octanol–water partition coefficient (Wildman–Crippen LogP) is 2.77. The maximum absolute atomic E-state index is 5.87. The van der Waals surface area contributed by atoms with Crippen molar-refractivity contribution < 1.29 is 4.74 Å². The zero-order valence-corrected chi connectivity index (χ0v) is 8.62. The van der Waals surface area contributed by atoms with Crippen molar-refractivity contribution in [2.75, 3.05) is 0 Å². The Morgan fingerprint density at radius 1 is 1.30 bits per heavy atom. The molecule has 0 N–H and O–H groups in total. The highest BCUT2D eigenvalue weighted by Gasteiger charge is 2.47. The largest absolute Gasteiger partial charge is 0.352 e. The van der Waals surface area contributed by atoms with Gasteiger partial charge >= 0.3 is 0 Å². The van der Waals surface area contributed by atoms with Crippen LogP contribution in [0.3, 0.4) is 0 Å². The van der Waals surface area contributed by atoms with Gasteiger partial charge in [-0.1, -0.05) is 34.0 Å². The first-order valence-electron chi connectivity index (χ1n) is 3.45. The van der Waals surface area contributed by atoms with Gasteiger partial charge in [0.25, 0.3) is 0 Å². The lowest BCUT2D eigenvalue weighted by molar-refractivity contribution is -0.00536. The molecule has 3 heteroatoms. The maximum atomic E-state index is 5.87. The maximum Gasteiger partial charge on any atom is 0.148 e. The van der Waals surface area contributed by atoms with Gasteiger partial charge in [0, 0.05) is 5.16 Å². The molecule has 0 spiro atoms. The van der Waals surface area contributed by atoms with E-state index in [-0.39, 0.29) is 16.1 Å². The third kappa shape index (κ3) is 1.32. The molecule has 1 aliphatic heterocycles. The van der Waals surface area contributed by atoms with Gasteiger partial charge in [-0.2, -0.15) is 0 Å². The molecule has 0 bridgehead atoms. The van der Waals surface area contributed by atoms with Gasteiger partial charge in [0.15, 0.2) is 0 Å².